The molecular formula is C22H35N5O. The predicted octanol–water partition coefficient (Wildman–Crippen LogP) is 2.90. The maximum absolute atomic E-state index is 12.8. The van der Waals surface area contributed by atoms with Gasteiger partial charge in [-0.2, -0.15) is 0 Å². The molecule has 3 fully saturated rings. The summed E-state index contributed by atoms with van der Waals surface area (Å²) in [5, 5.41) is 0. The number of carbonyl (C=O) groups is 1. The van der Waals surface area contributed by atoms with Crippen LogP contribution in [0.3, 0.4) is 0 Å². The van der Waals surface area contributed by atoms with Gasteiger partial charge in [-0.15, -0.1) is 0 Å². The third-order valence-electron chi connectivity index (χ3n) is 6.84. The standard InChI is InChI=1S/C22H35N5O/c1-17(2)20-14-23-16-24-21(20)25-12-7-19(8-13-25)27-11-5-6-18(15-27)22(28)26-9-3-4-10-26/h14,16-19H,3-13,15H2,1-2H3/t18-/m0/s1. The fourth-order valence-corrected chi connectivity index (χ4v) is 5.18. The van der Waals surface area contributed by atoms with E-state index in [0.29, 0.717) is 17.9 Å². The van der Waals surface area contributed by atoms with Crippen LogP contribution in [0.4, 0.5) is 5.82 Å². The van der Waals surface area contributed by atoms with Crippen molar-refractivity contribution in [2.45, 2.75) is 64.3 Å². The molecule has 0 aromatic carbocycles. The normalized spacial score (nSPS) is 24.9. The van der Waals surface area contributed by atoms with E-state index in [2.05, 4.69) is 38.5 Å². The average Bonchev–Trinajstić information content (AvgIpc) is 3.28. The molecule has 4 heterocycles. The van der Waals surface area contributed by atoms with Crippen molar-refractivity contribution < 1.29 is 4.79 Å². The molecule has 3 aliphatic heterocycles. The maximum atomic E-state index is 12.8. The third-order valence-corrected chi connectivity index (χ3v) is 6.84. The molecule has 6 heteroatoms. The summed E-state index contributed by atoms with van der Waals surface area (Å²) in [5.41, 5.74) is 1.25. The van der Waals surface area contributed by atoms with Crippen LogP contribution in [0.15, 0.2) is 12.5 Å². The fourth-order valence-electron chi connectivity index (χ4n) is 5.18. The van der Waals surface area contributed by atoms with Gasteiger partial charge in [0.15, 0.2) is 0 Å². The van der Waals surface area contributed by atoms with Crippen molar-refractivity contribution in [1.29, 1.82) is 0 Å². The lowest BCUT2D eigenvalue weighted by Gasteiger charge is -2.43. The van der Waals surface area contributed by atoms with Crippen LogP contribution in [0.2, 0.25) is 0 Å². The molecule has 6 nitrogen and oxygen atoms in total. The summed E-state index contributed by atoms with van der Waals surface area (Å²) in [6, 6.07) is 0.606. The van der Waals surface area contributed by atoms with E-state index >= 15 is 0 Å². The second kappa shape index (κ2) is 8.76. The van der Waals surface area contributed by atoms with Gasteiger partial charge < -0.3 is 9.80 Å². The number of rotatable bonds is 4. The van der Waals surface area contributed by atoms with E-state index in [-0.39, 0.29) is 5.92 Å². The molecule has 1 amide bonds. The van der Waals surface area contributed by atoms with Crippen LogP contribution in [0.1, 0.15) is 63.9 Å². The van der Waals surface area contributed by atoms with Crippen molar-refractivity contribution in [1.82, 2.24) is 19.8 Å². The highest BCUT2D eigenvalue weighted by atomic mass is 16.2. The molecule has 4 rings (SSSR count). The lowest BCUT2D eigenvalue weighted by atomic mass is 9.92. The quantitative estimate of drug-likeness (QED) is 0.798. The summed E-state index contributed by atoms with van der Waals surface area (Å²) in [7, 11) is 0. The van der Waals surface area contributed by atoms with E-state index in [9.17, 15) is 4.79 Å². The van der Waals surface area contributed by atoms with E-state index in [1.807, 2.05) is 6.20 Å². The Hall–Kier alpha value is -1.69. The first-order valence-electron chi connectivity index (χ1n) is 11.2. The molecular weight excluding hydrogens is 350 g/mol. The van der Waals surface area contributed by atoms with Crippen molar-refractivity contribution in [3.05, 3.63) is 18.1 Å². The van der Waals surface area contributed by atoms with Crippen molar-refractivity contribution in [2.75, 3.05) is 44.2 Å². The van der Waals surface area contributed by atoms with Gasteiger partial charge in [0.25, 0.3) is 0 Å². The summed E-state index contributed by atoms with van der Waals surface area (Å²) >= 11 is 0. The Balaban J connectivity index is 1.34. The zero-order valence-electron chi connectivity index (χ0n) is 17.5. The molecule has 1 atom stereocenters. The Morgan fingerprint density at radius 1 is 1.04 bits per heavy atom. The van der Waals surface area contributed by atoms with Crippen LogP contribution in [0.25, 0.3) is 0 Å². The van der Waals surface area contributed by atoms with Crippen LogP contribution in [-0.4, -0.2) is 71.0 Å². The monoisotopic (exact) mass is 385 g/mol. The minimum Gasteiger partial charge on any atom is -0.356 e. The van der Waals surface area contributed by atoms with E-state index < -0.39 is 0 Å². The number of likely N-dealkylation sites (tertiary alicyclic amines) is 2. The molecule has 3 saturated heterocycles. The molecule has 0 spiro atoms. The molecule has 3 aliphatic rings. The number of amides is 1. The molecule has 1 aromatic rings. The molecule has 154 valence electrons. The summed E-state index contributed by atoms with van der Waals surface area (Å²) in [5.74, 6) is 2.19. The number of anilines is 1. The SMILES string of the molecule is CC(C)c1cncnc1N1CCC(N2CCC[C@H](C(=O)N3CCCC3)C2)CC1. The number of aromatic nitrogens is 2. The van der Waals surface area contributed by atoms with Crippen molar-refractivity contribution in [2.24, 2.45) is 5.92 Å². The Bertz CT molecular complexity index is 665. The summed E-state index contributed by atoms with van der Waals surface area (Å²) < 4.78 is 0. The molecule has 1 aromatic heterocycles. The van der Waals surface area contributed by atoms with Crippen LogP contribution < -0.4 is 4.90 Å². The zero-order chi connectivity index (χ0) is 19.5. The number of hydrogen-bond donors (Lipinski definition) is 0. The fraction of sp³-hybridized carbons (Fsp3) is 0.773. The Labute approximate surface area is 169 Å². The maximum Gasteiger partial charge on any atom is 0.226 e. The Kier molecular flexibility index (Phi) is 6.14. The Morgan fingerprint density at radius 3 is 2.50 bits per heavy atom. The zero-order valence-corrected chi connectivity index (χ0v) is 17.5. The predicted molar refractivity (Wildman–Crippen MR) is 111 cm³/mol. The number of piperidine rings is 2. The highest BCUT2D eigenvalue weighted by molar-refractivity contribution is 5.79. The summed E-state index contributed by atoms with van der Waals surface area (Å²) in [6.45, 7) is 10.6. The van der Waals surface area contributed by atoms with Gasteiger partial charge in [0.2, 0.25) is 5.91 Å². The lowest BCUT2D eigenvalue weighted by Crippen LogP contribution is -2.51. The Morgan fingerprint density at radius 2 is 1.79 bits per heavy atom. The molecule has 0 saturated carbocycles. The van der Waals surface area contributed by atoms with Gasteiger partial charge in [-0.05, 0) is 51.0 Å². The third kappa shape index (κ3) is 4.17. The minimum absolute atomic E-state index is 0.222. The molecule has 0 aliphatic carbocycles. The second-order valence-corrected chi connectivity index (χ2v) is 9.04. The van der Waals surface area contributed by atoms with Crippen LogP contribution in [-0.2, 0) is 4.79 Å². The average molecular weight is 386 g/mol. The number of hydrogen-bond acceptors (Lipinski definition) is 5. The summed E-state index contributed by atoms with van der Waals surface area (Å²) in [6.07, 6.45) is 10.6. The first-order chi connectivity index (χ1) is 13.6. The van der Waals surface area contributed by atoms with Crippen LogP contribution in [0.5, 0.6) is 0 Å². The van der Waals surface area contributed by atoms with Gasteiger partial charge in [-0.25, -0.2) is 9.97 Å². The topological polar surface area (TPSA) is 52.6 Å². The van der Waals surface area contributed by atoms with Gasteiger partial charge in [-0.3, -0.25) is 9.69 Å². The molecule has 0 bridgehead atoms. The van der Waals surface area contributed by atoms with Crippen LogP contribution >= 0.6 is 0 Å². The number of nitrogens with zero attached hydrogens (tertiary/aromatic N) is 5. The number of carbonyl (C=O) groups excluding carboxylic acids is 1. The van der Waals surface area contributed by atoms with Crippen molar-refractivity contribution >= 4 is 11.7 Å². The first-order valence-corrected chi connectivity index (χ1v) is 11.2. The van der Waals surface area contributed by atoms with E-state index in [1.54, 1.807) is 6.33 Å². The first kappa shape index (κ1) is 19.6. The van der Waals surface area contributed by atoms with Gasteiger partial charge in [-0.1, -0.05) is 13.8 Å². The largest absolute Gasteiger partial charge is 0.356 e. The van der Waals surface area contributed by atoms with Gasteiger partial charge in [0.1, 0.15) is 12.1 Å². The molecule has 0 radical (unpaired) electrons. The van der Waals surface area contributed by atoms with E-state index in [0.717, 1.165) is 70.8 Å². The van der Waals surface area contributed by atoms with E-state index in [1.165, 1.54) is 18.4 Å². The molecule has 28 heavy (non-hydrogen) atoms. The van der Waals surface area contributed by atoms with Crippen LogP contribution in [0, 0.1) is 5.92 Å². The van der Waals surface area contributed by atoms with Crippen molar-refractivity contribution in [3.63, 3.8) is 0 Å². The van der Waals surface area contributed by atoms with Gasteiger partial charge >= 0.3 is 0 Å². The molecule has 0 unspecified atom stereocenters. The van der Waals surface area contributed by atoms with Gasteiger partial charge in [0.05, 0.1) is 5.92 Å². The molecule has 0 N–H and O–H groups in total. The highest BCUT2D eigenvalue weighted by Gasteiger charge is 2.34. The van der Waals surface area contributed by atoms with Gasteiger partial charge in [0, 0.05) is 50.5 Å². The summed E-state index contributed by atoms with van der Waals surface area (Å²) in [4.78, 5) is 28.8. The highest BCUT2D eigenvalue weighted by Crippen LogP contribution is 2.30. The van der Waals surface area contributed by atoms with Crippen molar-refractivity contribution in [3.8, 4) is 0 Å². The minimum atomic E-state index is 0.222. The lowest BCUT2D eigenvalue weighted by molar-refractivity contribution is -0.136. The smallest absolute Gasteiger partial charge is 0.226 e. The second-order valence-electron chi connectivity index (χ2n) is 9.04. The van der Waals surface area contributed by atoms with E-state index in [4.69, 9.17) is 0 Å².